The molecule has 1 unspecified atom stereocenters. The molecule has 0 aromatic rings. The number of nitrogens with one attached hydrogen (secondary N) is 1. The Morgan fingerprint density at radius 3 is 2.62 bits per heavy atom. The van der Waals surface area contributed by atoms with Crippen LogP contribution in [0.15, 0.2) is 0 Å². The molecule has 1 saturated heterocycles. The van der Waals surface area contributed by atoms with E-state index in [1.54, 1.807) is 0 Å². The lowest BCUT2D eigenvalue weighted by atomic mass is 10.2. The van der Waals surface area contributed by atoms with Gasteiger partial charge >= 0.3 is 0 Å². The first-order valence-electron chi connectivity index (χ1n) is 4.35. The van der Waals surface area contributed by atoms with Gasteiger partial charge in [-0.15, -0.1) is 24.8 Å². The van der Waals surface area contributed by atoms with E-state index in [9.17, 15) is 0 Å². The first-order chi connectivity index (χ1) is 5.33. The van der Waals surface area contributed by atoms with Gasteiger partial charge in [0.15, 0.2) is 0 Å². The first-order valence-corrected chi connectivity index (χ1v) is 4.35. The molecule has 1 fully saturated rings. The predicted octanol–water partition coefficient (Wildman–Crippen LogP) is 0.506. The quantitative estimate of drug-likeness (QED) is 0.739. The molecule has 13 heavy (non-hydrogen) atoms. The Labute approximate surface area is 92.7 Å². The van der Waals surface area contributed by atoms with Crippen LogP contribution in [0.25, 0.3) is 0 Å². The van der Waals surface area contributed by atoms with Gasteiger partial charge in [0.1, 0.15) is 0 Å². The molecule has 0 amide bonds. The monoisotopic (exact) mass is 230 g/mol. The lowest BCUT2D eigenvalue weighted by molar-refractivity contribution is 0.211. The van der Waals surface area contributed by atoms with Crippen LogP contribution in [0.2, 0.25) is 0 Å². The molecule has 0 spiro atoms. The average Bonchev–Trinajstić information content (AvgIpc) is 2.40. The lowest BCUT2D eigenvalue weighted by Crippen LogP contribution is -2.36. The maximum atomic E-state index is 8.65. The minimum atomic E-state index is 0. The van der Waals surface area contributed by atoms with Gasteiger partial charge in [0.2, 0.25) is 0 Å². The van der Waals surface area contributed by atoms with Gasteiger partial charge in [0, 0.05) is 19.1 Å². The summed E-state index contributed by atoms with van der Waals surface area (Å²) in [5.74, 6) is 0. The van der Waals surface area contributed by atoms with Crippen molar-refractivity contribution in [3.63, 3.8) is 0 Å². The Hall–Kier alpha value is 0.460. The van der Waals surface area contributed by atoms with Gasteiger partial charge in [0.25, 0.3) is 0 Å². The third kappa shape index (κ3) is 6.52. The molecule has 0 aromatic heterocycles. The van der Waals surface area contributed by atoms with Gasteiger partial charge in [0.05, 0.1) is 6.61 Å². The van der Waals surface area contributed by atoms with E-state index in [0.29, 0.717) is 6.04 Å². The second-order valence-corrected chi connectivity index (χ2v) is 3.28. The average molecular weight is 231 g/mol. The van der Waals surface area contributed by atoms with Crippen molar-refractivity contribution >= 4 is 24.8 Å². The molecular formula is C8H20Cl2N2O. The maximum absolute atomic E-state index is 8.65. The molecule has 2 N–H and O–H groups in total. The standard InChI is InChI=1S/C8H18N2O.2ClH/c1-10(5-6-11)7-8-3-2-4-9-8;;/h8-9,11H,2-7H2,1H3;2*1H. The van der Waals surface area contributed by atoms with E-state index in [4.69, 9.17) is 5.11 Å². The van der Waals surface area contributed by atoms with Crippen LogP contribution in [0.5, 0.6) is 0 Å². The minimum Gasteiger partial charge on any atom is -0.395 e. The zero-order valence-electron chi connectivity index (χ0n) is 8.03. The molecule has 0 aromatic carbocycles. The number of rotatable bonds is 4. The van der Waals surface area contributed by atoms with Crippen molar-refractivity contribution in [1.82, 2.24) is 10.2 Å². The predicted molar refractivity (Wildman–Crippen MR) is 60.1 cm³/mol. The van der Waals surface area contributed by atoms with Gasteiger partial charge < -0.3 is 15.3 Å². The summed E-state index contributed by atoms with van der Waals surface area (Å²) in [5, 5.41) is 12.1. The Kier molecular flexibility index (Phi) is 11.1. The van der Waals surface area contributed by atoms with Crippen molar-refractivity contribution in [2.24, 2.45) is 0 Å². The summed E-state index contributed by atoms with van der Waals surface area (Å²) in [6.07, 6.45) is 2.59. The number of likely N-dealkylation sites (N-methyl/N-ethyl adjacent to an activating group) is 1. The van der Waals surface area contributed by atoms with E-state index < -0.39 is 0 Å². The number of nitrogens with zero attached hydrogens (tertiary/aromatic N) is 1. The molecule has 1 rings (SSSR count). The molecule has 82 valence electrons. The van der Waals surface area contributed by atoms with Crippen LogP contribution >= 0.6 is 24.8 Å². The zero-order chi connectivity index (χ0) is 8.10. The smallest absolute Gasteiger partial charge is 0.0558 e. The van der Waals surface area contributed by atoms with E-state index >= 15 is 0 Å². The molecular weight excluding hydrogens is 211 g/mol. The van der Waals surface area contributed by atoms with Crippen LogP contribution in [0.4, 0.5) is 0 Å². The first kappa shape index (κ1) is 15.9. The molecule has 5 heteroatoms. The second kappa shape index (κ2) is 9.03. The molecule has 0 bridgehead atoms. The van der Waals surface area contributed by atoms with Gasteiger partial charge in [-0.05, 0) is 26.4 Å². The van der Waals surface area contributed by atoms with Crippen LogP contribution in [0, 0.1) is 0 Å². The van der Waals surface area contributed by atoms with Gasteiger partial charge in [-0.1, -0.05) is 0 Å². The van der Waals surface area contributed by atoms with Crippen LogP contribution in [-0.4, -0.2) is 49.3 Å². The van der Waals surface area contributed by atoms with Crippen LogP contribution in [0.1, 0.15) is 12.8 Å². The fraction of sp³-hybridized carbons (Fsp3) is 1.00. The third-order valence-corrected chi connectivity index (χ3v) is 2.18. The number of hydrogen-bond acceptors (Lipinski definition) is 3. The molecule has 1 aliphatic rings. The summed E-state index contributed by atoms with van der Waals surface area (Å²) >= 11 is 0. The molecule has 1 atom stereocenters. The third-order valence-electron chi connectivity index (χ3n) is 2.18. The van der Waals surface area contributed by atoms with Crippen molar-refractivity contribution in [3.05, 3.63) is 0 Å². The fourth-order valence-electron chi connectivity index (χ4n) is 1.55. The van der Waals surface area contributed by atoms with Crippen molar-refractivity contribution in [1.29, 1.82) is 0 Å². The summed E-state index contributed by atoms with van der Waals surface area (Å²) in [5.41, 5.74) is 0. The van der Waals surface area contributed by atoms with E-state index in [1.807, 2.05) is 0 Å². The van der Waals surface area contributed by atoms with E-state index in [-0.39, 0.29) is 31.4 Å². The fourth-order valence-corrected chi connectivity index (χ4v) is 1.55. The number of aliphatic hydroxyl groups is 1. The van der Waals surface area contributed by atoms with Crippen LogP contribution < -0.4 is 5.32 Å². The van der Waals surface area contributed by atoms with Crippen molar-refractivity contribution in [2.45, 2.75) is 18.9 Å². The van der Waals surface area contributed by atoms with Gasteiger partial charge in [-0.2, -0.15) is 0 Å². The van der Waals surface area contributed by atoms with Crippen molar-refractivity contribution < 1.29 is 5.11 Å². The summed E-state index contributed by atoms with van der Waals surface area (Å²) in [6.45, 7) is 3.29. The topological polar surface area (TPSA) is 35.5 Å². The second-order valence-electron chi connectivity index (χ2n) is 3.28. The summed E-state index contributed by atoms with van der Waals surface area (Å²) in [7, 11) is 2.05. The Bertz CT molecular complexity index is 110. The highest BCUT2D eigenvalue weighted by Gasteiger charge is 2.14. The summed E-state index contributed by atoms with van der Waals surface area (Å²) in [6, 6.07) is 0.659. The molecule has 3 nitrogen and oxygen atoms in total. The number of halogens is 2. The van der Waals surface area contributed by atoms with Crippen LogP contribution in [0.3, 0.4) is 0 Å². The van der Waals surface area contributed by atoms with E-state index in [2.05, 4.69) is 17.3 Å². The molecule has 0 aliphatic carbocycles. The van der Waals surface area contributed by atoms with E-state index in [1.165, 1.54) is 12.8 Å². The van der Waals surface area contributed by atoms with Gasteiger partial charge in [-0.25, -0.2) is 0 Å². The minimum absolute atomic E-state index is 0. The Balaban J connectivity index is 0. The highest BCUT2D eigenvalue weighted by Crippen LogP contribution is 2.05. The lowest BCUT2D eigenvalue weighted by Gasteiger charge is -2.19. The van der Waals surface area contributed by atoms with Crippen molar-refractivity contribution in [2.75, 3.05) is 33.3 Å². The summed E-state index contributed by atoms with van der Waals surface area (Å²) in [4.78, 5) is 2.17. The number of aliphatic hydroxyl groups excluding tert-OH is 1. The molecule has 0 saturated carbocycles. The molecule has 0 radical (unpaired) electrons. The Morgan fingerprint density at radius 2 is 2.15 bits per heavy atom. The Morgan fingerprint density at radius 1 is 1.46 bits per heavy atom. The maximum Gasteiger partial charge on any atom is 0.0558 e. The van der Waals surface area contributed by atoms with E-state index in [0.717, 1.165) is 19.6 Å². The summed E-state index contributed by atoms with van der Waals surface area (Å²) < 4.78 is 0. The SMILES string of the molecule is CN(CCO)CC1CCCN1.Cl.Cl. The normalized spacial score (nSPS) is 21.0. The molecule has 1 aliphatic heterocycles. The zero-order valence-corrected chi connectivity index (χ0v) is 9.66. The van der Waals surface area contributed by atoms with Crippen LogP contribution in [-0.2, 0) is 0 Å². The van der Waals surface area contributed by atoms with Gasteiger partial charge in [-0.3, -0.25) is 0 Å². The molecule has 1 heterocycles. The highest BCUT2D eigenvalue weighted by atomic mass is 35.5. The van der Waals surface area contributed by atoms with Crippen molar-refractivity contribution in [3.8, 4) is 0 Å². The number of hydrogen-bond donors (Lipinski definition) is 2. The highest BCUT2D eigenvalue weighted by molar-refractivity contribution is 5.85. The largest absolute Gasteiger partial charge is 0.395 e.